The zero-order chi connectivity index (χ0) is 22.1. The minimum atomic E-state index is -3.10. The first-order chi connectivity index (χ1) is 14.2. The van der Waals surface area contributed by atoms with Gasteiger partial charge in [-0.05, 0) is 49.7 Å². The van der Waals surface area contributed by atoms with Gasteiger partial charge in [0, 0.05) is 38.8 Å². The van der Waals surface area contributed by atoms with E-state index in [-0.39, 0.29) is 29.9 Å². The van der Waals surface area contributed by atoms with Gasteiger partial charge >= 0.3 is 0 Å². The van der Waals surface area contributed by atoms with Crippen molar-refractivity contribution in [1.82, 2.24) is 14.9 Å². The van der Waals surface area contributed by atoms with Crippen LogP contribution in [0.15, 0.2) is 23.2 Å². The fourth-order valence-corrected chi connectivity index (χ4v) is 4.44. The zero-order valence-corrected chi connectivity index (χ0v) is 22.6. The van der Waals surface area contributed by atoms with Crippen LogP contribution in [0.1, 0.15) is 44.2 Å². The molecular formula is C22H39IN4O3S. The highest BCUT2D eigenvalue weighted by Gasteiger charge is 2.28. The van der Waals surface area contributed by atoms with Crippen LogP contribution in [0.5, 0.6) is 5.75 Å². The molecule has 1 aromatic rings. The summed E-state index contributed by atoms with van der Waals surface area (Å²) in [5.74, 6) is 2.60. The molecule has 0 radical (unpaired) electrons. The smallest absolute Gasteiger partial charge is 0.211 e. The molecule has 1 aromatic carbocycles. The summed E-state index contributed by atoms with van der Waals surface area (Å²) in [5.41, 5.74) is 2.27. The van der Waals surface area contributed by atoms with Crippen LogP contribution in [0.2, 0.25) is 0 Å². The Balaban J connectivity index is 0.00000480. The molecule has 2 N–H and O–H groups in total. The Bertz CT molecular complexity index is 815. The third-order valence-electron chi connectivity index (χ3n) is 5.35. The molecule has 0 aliphatic carbocycles. The number of guanidine groups is 1. The molecule has 0 bridgehead atoms. The molecule has 0 amide bonds. The average Bonchev–Trinajstić information content (AvgIpc) is 3.16. The number of nitrogens with one attached hydrogen (secondary N) is 2. The van der Waals surface area contributed by atoms with Crippen molar-refractivity contribution in [3.63, 3.8) is 0 Å². The topological polar surface area (TPSA) is 83.0 Å². The van der Waals surface area contributed by atoms with Gasteiger partial charge in [-0.15, -0.1) is 24.0 Å². The predicted octanol–water partition coefficient (Wildman–Crippen LogP) is 3.37. The van der Waals surface area contributed by atoms with Crippen molar-refractivity contribution >= 4 is 40.0 Å². The molecule has 1 heterocycles. The fourth-order valence-electron chi connectivity index (χ4n) is 3.52. The molecular weight excluding hydrogens is 527 g/mol. The van der Waals surface area contributed by atoms with Gasteiger partial charge in [0.2, 0.25) is 10.0 Å². The lowest BCUT2D eigenvalue weighted by molar-refractivity contribution is 0.294. The summed E-state index contributed by atoms with van der Waals surface area (Å²) in [7, 11) is -1.36. The van der Waals surface area contributed by atoms with Crippen LogP contribution in [0.4, 0.5) is 0 Å². The number of benzene rings is 1. The van der Waals surface area contributed by atoms with Gasteiger partial charge in [0.25, 0.3) is 0 Å². The highest BCUT2D eigenvalue weighted by Crippen LogP contribution is 2.21. The maximum absolute atomic E-state index is 11.7. The quantitative estimate of drug-likeness (QED) is 0.197. The molecule has 2 rings (SSSR count). The highest BCUT2D eigenvalue weighted by molar-refractivity contribution is 14.0. The second-order valence-electron chi connectivity index (χ2n) is 8.58. The SMILES string of the molecule is CN=C(NCc1ccc(C)cc1OCCCC(C)C)NCC1CCN(S(C)(=O)=O)C1.I. The molecule has 1 atom stereocenters. The fraction of sp³-hybridized carbons (Fsp3) is 0.682. The van der Waals surface area contributed by atoms with E-state index < -0.39 is 10.0 Å². The molecule has 31 heavy (non-hydrogen) atoms. The molecule has 9 heteroatoms. The number of hydrogen-bond acceptors (Lipinski definition) is 4. The Morgan fingerprint density at radius 3 is 2.68 bits per heavy atom. The number of halogens is 1. The van der Waals surface area contributed by atoms with Crippen LogP contribution in [0, 0.1) is 18.8 Å². The van der Waals surface area contributed by atoms with E-state index in [9.17, 15) is 8.42 Å². The number of aryl methyl sites for hydroxylation is 1. The van der Waals surface area contributed by atoms with Crippen LogP contribution < -0.4 is 15.4 Å². The van der Waals surface area contributed by atoms with Crippen molar-refractivity contribution in [2.75, 3.05) is 39.5 Å². The van der Waals surface area contributed by atoms with Gasteiger partial charge in [-0.25, -0.2) is 12.7 Å². The maximum Gasteiger partial charge on any atom is 0.211 e. The van der Waals surface area contributed by atoms with E-state index in [0.717, 1.165) is 37.2 Å². The minimum absolute atomic E-state index is 0. The number of aliphatic imine (C=N–C) groups is 1. The normalized spacial score (nSPS) is 17.5. The molecule has 0 saturated carbocycles. The largest absolute Gasteiger partial charge is 0.493 e. The summed E-state index contributed by atoms with van der Waals surface area (Å²) in [6, 6.07) is 6.27. The molecule has 1 fully saturated rings. The van der Waals surface area contributed by atoms with E-state index in [1.807, 2.05) is 0 Å². The third-order valence-corrected chi connectivity index (χ3v) is 6.62. The van der Waals surface area contributed by atoms with E-state index in [0.29, 0.717) is 38.1 Å². The van der Waals surface area contributed by atoms with Gasteiger partial charge in [0.15, 0.2) is 5.96 Å². The molecule has 1 aliphatic heterocycles. The molecule has 178 valence electrons. The van der Waals surface area contributed by atoms with E-state index in [1.165, 1.54) is 11.8 Å². The molecule has 0 aromatic heterocycles. The lowest BCUT2D eigenvalue weighted by Gasteiger charge is -2.18. The van der Waals surface area contributed by atoms with E-state index in [4.69, 9.17) is 4.74 Å². The first-order valence-electron chi connectivity index (χ1n) is 10.8. The van der Waals surface area contributed by atoms with Gasteiger partial charge in [0.1, 0.15) is 5.75 Å². The maximum atomic E-state index is 11.7. The van der Waals surface area contributed by atoms with Crippen molar-refractivity contribution in [1.29, 1.82) is 0 Å². The van der Waals surface area contributed by atoms with Crippen LogP contribution in [-0.4, -0.2) is 58.2 Å². The lowest BCUT2D eigenvalue weighted by atomic mass is 10.1. The average molecular weight is 567 g/mol. The van der Waals surface area contributed by atoms with Crippen LogP contribution in [0.25, 0.3) is 0 Å². The molecule has 0 spiro atoms. The number of hydrogen-bond donors (Lipinski definition) is 2. The number of sulfonamides is 1. The Labute approximate surface area is 205 Å². The third kappa shape index (κ3) is 9.95. The molecule has 1 aliphatic rings. The Hall–Kier alpha value is -1.07. The number of ether oxygens (including phenoxy) is 1. The highest BCUT2D eigenvalue weighted by atomic mass is 127. The van der Waals surface area contributed by atoms with Crippen molar-refractivity contribution < 1.29 is 13.2 Å². The van der Waals surface area contributed by atoms with Crippen molar-refractivity contribution in [3.8, 4) is 5.75 Å². The Morgan fingerprint density at radius 1 is 1.32 bits per heavy atom. The van der Waals surface area contributed by atoms with Crippen LogP contribution >= 0.6 is 24.0 Å². The molecule has 7 nitrogen and oxygen atoms in total. The van der Waals surface area contributed by atoms with Gasteiger partial charge < -0.3 is 15.4 Å². The molecule has 1 saturated heterocycles. The summed E-state index contributed by atoms with van der Waals surface area (Å²) >= 11 is 0. The van der Waals surface area contributed by atoms with Crippen LogP contribution in [0.3, 0.4) is 0 Å². The van der Waals surface area contributed by atoms with Crippen molar-refractivity contribution in [2.45, 2.75) is 46.6 Å². The summed E-state index contributed by atoms with van der Waals surface area (Å²) in [5, 5.41) is 6.67. The lowest BCUT2D eigenvalue weighted by Crippen LogP contribution is -2.40. The summed E-state index contributed by atoms with van der Waals surface area (Å²) in [4.78, 5) is 4.30. The van der Waals surface area contributed by atoms with Gasteiger partial charge in [-0.2, -0.15) is 0 Å². The van der Waals surface area contributed by atoms with Crippen LogP contribution in [-0.2, 0) is 16.6 Å². The van der Waals surface area contributed by atoms with E-state index in [2.05, 4.69) is 54.6 Å². The number of rotatable bonds is 10. The van der Waals surface area contributed by atoms with E-state index in [1.54, 1.807) is 11.4 Å². The molecule has 1 unspecified atom stereocenters. The first kappa shape index (κ1) is 28.0. The van der Waals surface area contributed by atoms with E-state index >= 15 is 0 Å². The Kier molecular flexibility index (Phi) is 12.2. The van der Waals surface area contributed by atoms with Gasteiger partial charge in [0.05, 0.1) is 12.9 Å². The van der Waals surface area contributed by atoms with Crippen molar-refractivity contribution in [3.05, 3.63) is 29.3 Å². The standard InChI is InChI=1S/C22H38N4O3S.HI/c1-17(2)7-6-12-29-21-13-18(3)8-9-20(21)15-25-22(23-4)24-14-19-10-11-26(16-19)30(5,27)28;/h8-9,13,17,19H,6-7,10-12,14-16H2,1-5H3,(H2,23,24,25);1H. The number of nitrogens with zero attached hydrogens (tertiary/aromatic N) is 2. The van der Waals surface area contributed by atoms with Gasteiger partial charge in [-0.3, -0.25) is 4.99 Å². The Morgan fingerprint density at radius 2 is 2.06 bits per heavy atom. The monoisotopic (exact) mass is 566 g/mol. The second-order valence-corrected chi connectivity index (χ2v) is 10.6. The predicted molar refractivity (Wildman–Crippen MR) is 139 cm³/mol. The summed E-state index contributed by atoms with van der Waals surface area (Å²) < 4.78 is 31.0. The zero-order valence-electron chi connectivity index (χ0n) is 19.5. The van der Waals surface area contributed by atoms with Gasteiger partial charge in [-0.1, -0.05) is 26.0 Å². The first-order valence-corrected chi connectivity index (χ1v) is 12.7. The summed E-state index contributed by atoms with van der Waals surface area (Å²) in [6.45, 7) is 9.71. The minimum Gasteiger partial charge on any atom is -0.493 e. The summed E-state index contributed by atoms with van der Waals surface area (Å²) in [6.07, 6.45) is 4.35. The van der Waals surface area contributed by atoms with Crippen molar-refractivity contribution in [2.24, 2.45) is 16.8 Å². The second kappa shape index (κ2) is 13.5.